The Morgan fingerprint density at radius 1 is 1.38 bits per heavy atom. The van der Waals surface area contributed by atoms with Crippen LogP contribution in [-0.2, 0) is 17.8 Å². The van der Waals surface area contributed by atoms with Gasteiger partial charge in [0.2, 0.25) is 0 Å². The van der Waals surface area contributed by atoms with E-state index in [1.165, 1.54) is 4.90 Å². The van der Waals surface area contributed by atoms with Gasteiger partial charge in [-0.2, -0.15) is 0 Å². The molecule has 1 aromatic carbocycles. The topological polar surface area (TPSA) is 69.6 Å². The van der Waals surface area contributed by atoms with Gasteiger partial charge in [0.1, 0.15) is 6.54 Å². The minimum absolute atomic E-state index is 0.176. The summed E-state index contributed by atoms with van der Waals surface area (Å²) in [5.74, 6) is -0.921. The van der Waals surface area contributed by atoms with Gasteiger partial charge in [-0.1, -0.05) is 26.0 Å². The van der Waals surface area contributed by atoms with Crippen molar-refractivity contribution in [1.29, 1.82) is 0 Å². The molecule has 0 aliphatic carbocycles. The van der Waals surface area contributed by atoms with Gasteiger partial charge in [-0.15, -0.1) is 0 Å². The van der Waals surface area contributed by atoms with Crippen molar-refractivity contribution < 1.29 is 14.7 Å². The highest BCUT2D eigenvalue weighted by Gasteiger charge is 2.23. The van der Waals surface area contributed by atoms with Gasteiger partial charge < -0.3 is 15.3 Å². The highest BCUT2D eigenvalue weighted by Crippen LogP contribution is 2.20. The number of hydrogen-bond acceptors (Lipinski definition) is 3. The van der Waals surface area contributed by atoms with E-state index < -0.39 is 5.97 Å². The van der Waals surface area contributed by atoms with Gasteiger partial charge in [-0.3, -0.25) is 9.59 Å². The first kappa shape index (κ1) is 15.5. The van der Waals surface area contributed by atoms with Crippen molar-refractivity contribution in [3.8, 4) is 0 Å². The number of rotatable bonds is 5. The molecule has 5 heteroatoms. The van der Waals surface area contributed by atoms with Crippen LogP contribution in [0.1, 0.15) is 35.3 Å². The molecule has 0 saturated carbocycles. The lowest BCUT2D eigenvalue weighted by molar-refractivity contribution is -0.137. The van der Waals surface area contributed by atoms with Gasteiger partial charge in [-0.25, -0.2) is 0 Å². The van der Waals surface area contributed by atoms with E-state index in [2.05, 4.69) is 5.32 Å². The third-order valence-corrected chi connectivity index (χ3v) is 3.57. The molecule has 0 fully saturated rings. The molecule has 2 rings (SSSR count). The standard InChI is InChI=1S/C16H22N2O3/c1-11(2)9-18(10-15(19)20)16(21)14-5-3-4-12-8-17-7-6-13(12)14/h3-5,11,17H,6-10H2,1-2H3,(H,19,20). The number of benzene rings is 1. The van der Waals surface area contributed by atoms with Crippen LogP contribution in [0.25, 0.3) is 0 Å². The molecule has 1 aromatic rings. The van der Waals surface area contributed by atoms with E-state index in [0.29, 0.717) is 12.1 Å². The summed E-state index contributed by atoms with van der Waals surface area (Å²) in [5.41, 5.74) is 2.84. The molecule has 0 bridgehead atoms. The number of carboxylic acids is 1. The quantitative estimate of drug-likeness (QED) is 0.862. The molecule has 1 heterocycles. The lowest BCUT2D eigenvalue weighted by atomic mass is 9.94. The predicted molar refractivity (Wildman–Crippen MR) is 80.2 cm³/mol. The molecule has 1 aliphatic heterocycles. The Kier molecular flexibility index (Phi) is 4.96. The van der Waals surface area contributed by atoms with Crippen molar-refractivity contribution >= 4 is 11.9 Å². The maximum Gasteiger partial charge on any atom is 0.323 e. The monoisotopic (exact) mass is 290 g/mol. The van der Waals surface area contributed by atoms with Crippen molar-refractivity contribution in [1.82, 2.24) is 10.2 Å². The molecule has 0 radical (unpaired) electrons. The summed E-state index contributed by atoms with van der Waals surface area (Å²) >= 11 is 0. The summed E-state index contributed by atoms with van der Waals surface area (Å²) < 4.78 is 0. The second kappa shape index (κ2) is 6.72. The van der Waals surface area contributed by atoms with E-state index in [1.807, 2.05) is 32.0 Å². The van der Waals surface area contributed by atoms with Crippen LogP contribution < -0.4 is 5.32 Å². The van der Waals surface area contributed by atoms with Gasteiger partial charge in [0.25, 0.3) is 5.91 Å². The summed E-state index contributed by atoms with van der Waals surface area (Å²) in [4.78, 5) is 25.2. The number of nitrogens with one attached hydrogen (secondary N) is 1. The Morgan fingerprint density at radius 2 is 2.14 bits per heavy atom. The molecule has 0 unspecified atom stereocenters. The normalized spacial score (nSPS) is 13.9. The van der Waals surface area contributed by atoms with Crippen molar-refractivity contribution in [2.45, 2.75) is 26.8 Å². The van der Waals surface area contributed by atoms with Crippen molar-refractivity contribution in [2.75, 3.05) is 19.6 Å². The molecule has 2 N–H and O–H groups in total. The molecule has 0 atom stereocenters. The summed E-state index contributed by atoms with van der Waals surface area (Å²) in [5, 5.41) is 12.3. The predicted octanol–water partition coefficient (Wildman–Crippen LogP) is 1.52. The van der Waals surface area contributed by atoms with E-state index in [9.17, 15) is 9.59 Å². The fourth-order valence-corrected chi connectivity index (χ4v) is 2.73. The third-order valence-electron chi connectivity index (χ3n) is 3.57. The van der Waals surface area contributed by atoms with Gasteiger partial charge in [0, 0.05) is 18.7 Å². The number of aliphatic carboxylic acids is 1. The van der Waals surface area contributed by atoms with E-state index in [1.54, 1.807) is 0 Å². The van der Waals surface area contributed by atoms with Gasteiger partial charge in [-0.05, 0) is 36.1 Å². The second-order valence-corrected chi connectivity index (χ2v) is 5.84. The number of carbonyl (C=O) groups excluding carboxylic acids is 1. The van der Waals surface area contributed by atoms with E-state index >= 15 is 0 Å². The zero-order chi connectivity index (χ0) is 15.4. The Labute approximate surface area is 125 Å². The van der Waals surface area contributed by atoms with E-state index in [0.717, 1.165) is 30.6 Å². The zero-order valence-corrected chi connectivity index (χ0v) is 12.6. The van der Waals surface area contributed by atoms with E-state index in [4.69, 9.17) is 5.11 Å². The van der Waals surface area contributed by atoms with Gasteiger partial charge >= 0.3 is 5.97 Å². The summed E-state index contributed by atoms with van der Waals surface area (Å²) in [6.45, 7) is 5.77. The molecule has 5 nitrogen and oxygen atoms in total. The Morgan fingerprint density at radius 3 is 2.81 bits per heavy atom. The van der Waals surface area contributed by atoms with Crippen molar-refractivity contribution in [3.63, 3.8) is 0 Å². The highest BCUT2D eigenvalue weighted by molar-refractivity contribution is 5.97. The van der Waals surface area contributed by atoms with Crippen LogP contribution >= 0.6 is 0 Å². The maximum atomic E-state index is 12.7. The molecule has 0 aromatic heterocycles. The fraction of sp³-hybridized carbons (Fsp3) is 0.500. The number of nitrogens with zero attached hydrogens (tertiary/aromatic N) is 1. The highest BCUT2D eigenvalue weighted by atomic mass is 16.4. The lowest BCUT2D eigenvalue weighted by Gasteiger charge is -2.26. The van der Waals surface area contributed by atoms with Crippen LogP contribution in [0, 0.1) is 5.92 Å². The first-order valence-corrected chi connectivity index (χ1v) is 7.31. The summed E-state index contributed by atoms with van der Waals surface area (Å²) in [6, 6.07) is 5.69. The van der Waals surface area contributed by atoms with Gasteiger partial charge in [0.05, 0.1) is 0 Å². The molecule has 0 spiro atoms. The van der Waals surface area contributed by atoms with Crippen molar-refractivity contribution in [3.05, 3.63) is 34.9 Å². The zero-order valence-electron chi connectivity index (χ0n) is 12.6. The van der Waals surface area contributed by atoms with Crippen LogP contribution in [0.4, 0.5) is 0 Å². The van der Waals surface area contributed by atoms with E-state index in [-0.39, 0.29) is 18.4 Å². The lowest BCUT2D eigenvalue weighted by Crippen LogP contribution is -2.39. The van der Waals surface area contributed by atoms with Gasteiger partial charge in [0.15, 0.2) is 0 Å². The molecule has 21 heavy (non-hydrogen) atoms. The number of carbonyl (C=O) groups is 2. The number of amides is 1. The average Bonchev–Trinajstić information content (AvgIpc) is 2.44. The molecular weight excluding hydrogens is 268 g/mol. The minimum Gasteiger partial charge on any atom is -0.480 e. The Bertz CT molecular complexity index is 540. The SMILES string of the molecule is CC(C)CN(CC(=O)O)C(=O)c1cccc2c1CCNC2. The molecule has 0 saturated heterocycles. The fourth-order valence-electron chi connectivity index (χ4n) is 2.73. The Balaban J connectivity index is 2.29. The van der Waals surface area contributed by atoms with Crippen molar-refractivity contribution in [2.24, 2.45) is 5.92 Å². The second-order valence-electron chi connectivity index (χ2n) is 5.84. The smallest absolute Gasteiger partial charge is 0.323 e. The summed E-state index contributed by atoms with van der Waals surface area (Å²) in [7, 11) is 0. The Hall–Kier alpha value is -1.88. The molecule has 1 aliphatic rings. The minimum atomic E-state index is -0.976. The number of fused-ring (bicyclic) bond motifs is 1. The first-order chi connectivity index (χ1) is 9.99. The average molecular weight is 290 g/mol. The molecular formula is C16H22N2O3. The van der Waals surface area contributed by atoms with Crippen LogP contribution in [0.5, 0.6) is 0 Å². The molecule has 1 amide bonds. The largest absolute Gasteiger partial charge is 0.480 e. The first-order valence-electron chi connectivity index (χ1n) is 7.31. The van der Waals surface area contributed by atoms with Crippen LogP contribution in [-0.4, -0.2) is 41.5 Å². The molecule has 114 valence electrons. The van der Waals surface area contributed by atoms with Crippen LogP contribution in [0.3, 0.4) is 0 Å². The summed E-state index contributed by atoms with van der Waals surface area (Å²) in [6.07, 6.45) is 0.805. The maximum absolute atomic E-state index is 12.7. The number of carboxylic acid groups (broad SMARTS) is 1. The van der Waals surface area contributed by atoms with Crippen LogP contribution in [0.2, 0.25) is 0 Å². The third kappa shape index (κ3) is 3.82. The van der Waals surface area contributed by atoms with Crippen LogP contribution in [0.15, 0.2) is 18.2 Å². The number of hydrogen-bond donors (Lipinski definition) is 2.